The van der Waals surface area contributed by atoms with Crippen molar-refractivity contribution in [2.45, 2.75) is 58.0 Å². The van der Waals surface area contributed by atoms with Crippen LogP contribution in [0.15, 0.2) is 18.3 Å². The van der Waals surface area contributed by atoms with E-state index in [1.54, 1.807) is 0 Å². The molecule has 3 saturated heterocycles. The van der Waals surface area contributed by atoms with Crippen LogP contribution in [0.25, 0.3) is 0 Å². The van der Waals surface area contributed by atoms with Gasteiger partial charge in [-0.15, -0.1) is 0 Å². The Hall–Kier alpha value is -1.46. The van der Waals surface area contributed by atoms with Gasteiger partial charge in [-0.1, -0.05) is 13.0 Å². The standard InChI is InChI=1S/C22H34N4O/c1-3-18-4-5-19(23-14-18)15-25-12-9-22(10-13-25)8-6-21(27)26(17-22)20-7-11-24(2)16-20/h4-5,14,20H,3,6-13,15-17H2,1-2H3/t20-/m0/s1. The molecule has 1 atom stereocenters. The molecule has 0 N–H and O–H groups in total. The van der Waals surface area contributed by atoms with Gasteiger partial charge in [-0.2, -0.15) is 0 Å². The number of aryl methyl sites for hydroxylation is 1. The minimum Gasteiger partial charge on any atom is -0.338 e. The molecule has 1 aromatic heterocycles. The van der Waals surface area contributed by atoms with Gasteiger partial charge in [-0.3, -0.25) is 14.7 Å². The number of likely N-dealkylation sites (N-methyl/N-ethyl adjacent to an activating group) is 1. The van der Waals surface area contributed by atoms with Gasteiger partial charge in [0.05, 0.1) is 5.69 Å². The molecule has 5 nitrogen and oxygen atoms in total. The fourth-order valence-electron chi connectivity index (χ4n) is 5.12. The lowest BCUT2D eigenvalue weighted by molar-refractivity contribution is -0.142. The predicted octanol–water partition coefficient (Wildman–Crippen LogP) is 2.55. The number of carbonyl (C=O) groups excluding carboxylic acids is 1. The molecular weight excluding hydrogens is 336 g/mol. The molecule has 1 amide bonds. The Bertz CT molecular complexity index is 651. The molecule has 3 aliphatic heterocycles. The number of carbonyl (C=O) groups is 1. The van der Waals surface area contributed by atoms with E-state index in [4.69, 9.17) is 0 Å². The first-order valence-corrected chi connectivity index (χ1v) is 10.7. The molecule has 0 aliphatic carbocycles. The van der Waals surface area contributed by atoms with Crippen LogP contribution < -0.4 is 0 Å². The fraction of sp³-hybridized carbons (Fsp3) is 0.727. The Labute approximate surface area is 163 Å². The van der Waals surface area contributed by atoms with Gasteiger partial charge in [0, 0.05) is 38.3 Å². The van der Waals surface area contributed by atoms with E-state index in [2.05, 4.69) is 45.8 Å². The summed E-state index contributed by atoms with van der Waals surface area (Å²) < 4.78 is 0. The van der Waals surface area contributed by atoms with Crippen LogP contribution in [-0.2, 0) is 17.8 Å². The van der Waals surface area contributed by atoms with Crippen molar-refractivity contribution in [1.29, 1.82) is 0 Å². The van der Waals surface area contributed by atoms with Crippen LogP contribution in [0.5, 0.6) is 0 Å². The van der Waals surface area contributed by atoms with Gasteiger partial charge in [0.15, 0.2) is 0 Å². The van der Waals surface area contributed by atoms with Crippen molar-refractivity contribution in [1.82, 2.24) is 19.7 Å². The number of piperidine rings is 2. The van der Waals surface area contributed by atoms with E-state index >= 15 is 0 Å². The maximum absolute atomic E-state index is 12.6. The second kappa shape index (κ2) is 7.88. The van der Waals surface area contributed by atoms with Gasteiger partial charge in [-0.05, 0) is 75.8 Å². The predicted molar refractivity (Wildman–Crippen MR) is 107 cm³/mol. The van der Waals surface area contributed by atoms with Gasteiger partial charge in [0.2, 0.25) is 5.91 Å². The molecule has 1 aromatic rings. The average Bonchev–Trinajstić information content (AvgIpc) is 3.13. The summed E-state index contributed by atoms with van der Waals surface area (Å²) >= 11 is 0. The van der Waals surface area contributed by atoms with Crippen molar-refractivity contribution in [3.8, 4) is 0 Å². The molecule has 4 heterocycles. The highest BCUT2D eigenvalue weighted by molar-refractivity contribution is 5.77. The molecule has 4 rings (SSSR count). The maximum Gasteiger partial charge on any atom is 0.222 e. The first-order valence-electron chi connectivity index (χ1n) is 10.7. The minimum absolute atomic E-state index is 0.352. The molecule has 3 aliphatic rings. The highest BCUT2D eigenvalue weighted by Gasteiger charge is 2.43. The topological polar surface area (TPSA) is 39.7 Å². The Morgan fingerprint density at radius 3 is 2.63 bits per heavy atom. The van der Waals surface area contributed by atoms with Crippen LogP contribution in [0.2, 0.25) is 0 Å². The number of hydrogen-bond donors (Lipinski definition) is 0. The van der Waals surface area contributed by atoms with Gasteiger partial charge in [0.1, 0.15) is 0 Å². The van der Waals surface area contributed by atoms with Crippen LogP contribution >= 0.6 is 0 Å². The Morgan fingerprint density at radius 1 is 1.19 bits per heavy atom. The highest BCUT2D eigenvalue weighted by atomic mass is 16.2. The monoisotopic (exact) mass is 370 g/mol. The van der Waals surface area contributed by atoms with Crippen LogP contribution in [-0.4, -0.2) is 71.4 Å². The van der Waals surface area contributed by atoms with Gasteiger partial charge in [-0.25, -0.2) is 0 Å². The lowest BCUT2D eigenvalue weighted by atomic mass is 9.72. The minimum atomic E-state index is 0.352. The smallest absolute Gasteiger partial charge is 0.222 e. The second-order valence-corrected chi connectivity index (χ2v) is 9.01. The number of amides is 1. The summed E-state index contributed by atoms with van der Waals surface area (Å²) in [6.07, 6.45) is 8.47. The van der Waals surface area contributed by atoms with E-state index in [-0.39, 0.29) is 0 Å². The lowest BCUT2D eigenvalue weighted by Crippen LogP contribution is -2.54. The quantitative estimate of drug-likeness (QED) is 0.817. The van der Waals surface area contributed by atoms with Gasteiger partial charge in [0.25, 0.3) is 0 Å². The zero-order valence-electron chi connectivity index (χ0n) is 17.0. The zero-order chi connectivity index (χ0) is 18.9. The molecule has 148 valence electrons. The van der Waals surface area contributed by atoms with Crippen LogP contribution in [0.1, 0.15) is 50.3 Å². The van der Waals surface area contributed by atoms with Gasteiger partial charge >= 0.3 is 0 Å². The van der Waals surface area contributed by atoms with Crippen molar-refractivity contribution in [3.05, 3.63) is 29.6 Å². The Kier molecular flexibility index (Phi) is 5.51. The normalized spacial score (nSPS) is 26.8. The van der Waals surface area contributed by atoms with Crippen molar-refractivity contribution in [3.63, 3.8) is 0 Å². The maximum atomic E-state index is 12.6. The summed E-state index contributed by atoms with van der Waals surface area (Å²) in [6, 6.07) is 4.83. The van der Waals surface area contributed by atoms with E-state index < -0.39 is 0 Å². The fourth-order valence-corrected chi connectivity index (χ4v) is 5.12. The van der Waals surface area contributed by atoms with E-state index in [0.717, 1.165) is 65.0 Å². The molecule has 1 spiro atoms. The highest BCUT2D eigenvalue weighted by Crippen LogP contribution is 2.41. The third-order valence-electron chi connectivity index (χ3n) is 7.10. The molecular formula is C22H34N4O. The third-order valence-corrected chi connectivity index (χ3v) is 7.10. The summed E-state index contributed by atoms with van der Waals surface area (Å²) in [5.74, 6) is 0.392. The summed E-state index contributed by atoms with van der Waals surface area (Å²) in [7, 11) is 2.17. The number of pyridine rings is 1. The molecule has 3 fully saturated rings. The summed E-state index contributed by atoms with van der Waals surface area (Å²) in [5, 5.41) is 0. The zero-order valence-corrected chi connectivity index (χ0v) is 17.0. The lowest BCUT2D eigenvalue weighted by Gasteiger charge is -2.49. The average molecular weight is 371 g/mol. The van der Waals surface area contributed by atoms with E-state index in [0.29, 0.717) is 17.4 Å². The molecule has 0 saturated carbocycles. The number of nitrogens with zero attached hydrogens (tertiary/aromatic N) is 4. The summed E-state index contributed by atoms with van der Waals surface area (Å²) in [4.78, 5) is 24.3. The van der Waals surface area contributed by atoms with Crippen LogP contribution in [0.4, 0.5) is 0 Å². The Balaban J connectivity index is 1.33. The molecule has 27 heavy (non-hydrogen) atoms. The first kappa shape index (κ1) is 18.9. The van der Waals surface area contributed by atoms with Crippen molar-refractivity contribution < 1.29 is 4.79 Å². The first-order chi connectivity index (χ1) is 13.1. The van der Waals surface area contributed by atoms with E-state index in [1.807, 2.05) is 6.20 Å². The summed E-state index contributed by atoms with van der Waals surface area (Å²) in [5.41, 5.74) is 2.84. The number of hydrogen-bond acceptors (Lipinski definition) is 4. The summed E-state index contributed by atoms with van der Waals surface area (Å²) in [6.45, 7) is 8.54. The molecule has 5 heteroatoms. The SMILES string of the molecule is CCc1ccc(CN2CCC3(CCC(=O)N([C@H]4CCN(C)C4)C3)CC2)nc1. The van der Waals surface area contributed by atoms with E-state index in [1.165, 1.54) is 24.1 Å². The molecule has 0 bridgehead atoms. The van der Waals surface area contributed by atoms with Crippen LogP contribution in [0, 0.1) is 5.41 Å². The largest absolute Gasteiger partial charge is 0.338 e. The number of aromatic nitrogens is 1. The van der Waals surface area contributed by atoms with Gasteiger partial charge < -0.3 is 9.80 Å². The van der Waals surface area contributed by atoms with Crippen molar-refractivity contribution in [2.24, 2.45) is 5.41 Å². The van der Waals surface area contributed by atoms with E-state index in [9.17, 15) is 4.79 Å². The molecule has 0 aromatic carbocycles. The third kappa shape index (κ3) is 4.19. The van der Waals surface area contributed by atoms with Crippen LogP contribution in [0.3, 0.4) is 0 Å². The number of rotatable bonds is 4. The Morgan fingerprint density at radius 2 is 2.00 bits per heavy atom. The molecule has 0 radical (unpaired) electrons. The van der Waals surface area contributed by atoms with Crippen molar-refractivity contribution >= 4 is 5.91 Å². The second-order valence-electron chi connectivity index (χ2n) is 9.01. The van der Waals surface area contributed by atoms with Crippen molar-refractivity contribution in [2.75, 3.05) is 39.8 Å². The number of likely N-dealkylation sites (tertiary alicyclic amines) is 3. The molecule has 0 unspecified atom stereocenters.